The van der Waals surface area contributed by atoms with Gasteiger partial charge in [0.25, 0.3) is 5.91 Å². The molecule has 1 N–H and O–H groups in total. The fourth-order valence-electron chi connectivity index (χ4n) is 4.57. The Bertz CT molecular complexity index is 1060. The van der Waals surface area contributed by atoms with Crippen molar-refractivity contribution in [2.24, 2.45) is 0 Å². The van der Waals surface area contributed by atoms with Crippen molar-refractivity contribution in [1.82, 2.24) is 9.62 Å². The highest BCUT2D eigenvalue weighted by Crippen LogP contribution is 2.44. The lowest BCUT2D eigenvalue weighted by atomic mass is 9.78. The van der Waals surface area contributed by atoms with Gasteiger partial charge in [-0.2, -0.15) is 4.31 Å². The number of nitrogens with one attached hydrogen (secondary N) is 1. The molecule has 0 spiro atoms. The van der Waals surface area contributed by atoms with Gasteiger partial charge in [0.15, 0.2) is 0 Å². The van der Waals surface area contributed by atoms with Gasteiger partial charge in [-0.05, 0) is 37.1 Å². The van der Waals surface area contributed by atoms with Gasteiger partial charge in [-0.1, -0.05) is 44.9 Å². The second kappa shape index (κ2) is 10.0. The average Bonchev–Trinajstić information content (AvgIpc) is 3.28. The molecule has 0 radical (unpaired) electrons. The Morgan fingerprint density at radius 3 is 2.41 bits per heavy atom. The molecule has 0 aliphatic heterocycles. The maximum atomic E-state index is 14.5. The summed E-state index contributed by atoms with van der Waals surface area (Å²) in [4.78, 5) is 12.9. The number of amides is 1. The first-order valence-electron chi connectivity index (χ1n) is 11.0. The summed E-state index contributed by atoms with van der Waals surface area (Å²) in [5.41, 5.74) is 0.453. The summed E-state index contributed by atoms with van der Waals surface area (Å²) in [7, 11) is -2.18. The molecule has 0 unspecified atom stereocenters. The Labute approximate surface area is 189 Å². The van der Waals surface area contributed by atoms with Crippen LogP contribution in [0, 0.1) is 5.82 Å². The summed E-state index contributed by atoms with van der Waals surface area (Å²) >= 11 is 0. The zero-order valence-electron chi connectivity index (χ0n) is 18.9. The molecule has 0 aromatic heterocycles. The molecule has 6 nitrogen and oxygen atoms in total. The van der Waals surface area contributed by atoms with E-state index in [1.54, 1.807) is 21.0 Å². The smallest absolute Gasteiger partial charge is 0.254 e. The van der Waals surface area contributed by atoms with E-state index in [0.717, 1.165) is 49.1 Å². The van der Waals surface area contributed by atoms with E-state index >= 15 is 0 Å². The minimum atomic E-state index is -3.80. The Kier molecular flexibility index (Phi) is 7.56. The van der Waals surface area contributed by atoms with Crippen molar-refractivity contribution < 1.29 is 22.3 Å². The average molecular weight is 463 g/mol. The third-order valence-electron chi connectivity index (χ3n) is 6.35. The Morgan fingerprint density at radius 2 is 1.78 bits per heavy atom. The zero-order chi connectivity index (χ0) is 23.4. The van der Waals surface area contributed by atoms with E-state index in [-0.39, 0.29) is 15.9 Å². The molecule has 0 bridgehead atoms. The lowest BCUT2D eigenvalue weighted by Gasteiger charge is -2.31. The van der Waals surface area contributed by atoms with Crippen molar-refractivity contribution in [1.29, 1.82) is 0 Å². The molecule has 3 rings (SSSR count). The SMILES string of the molecule is CCN(CC)S(=O)(=O)c1ccc(F)c(C(=O)NCC2(c3ccccc3OC)CCCC2)c1. The second-order valence-electron chi connectivity index (χ2n) is 8.10. The molecule has 1 aliphatic rings. The summed E-state index contributed by atoms with van der Waals surface area (Å²) in [6, 6.07) is 11.1. The summed E-state index contributed by atoms with van der Waals surface area (Å²) in [5, 5.41) is 2.87. The molecular weight excluding hydrogens is 431 g/mol. The van der Waals surface area contributed by atoms with Crippen molar-refractivity contribution >= 4 is 15.9 Å². The van der Waals surface area contributed by atoms with Crippen molar-refractivity contribution in [2.45, 2.75) is 49.8 Å². The Balaban J connectivity index is 1.87. The number of carbonyl (C=O) groups is 1. The number of methoxy groups -OCH3 is 1. The monoisotopic (exact) mass is 462 g/mol. The molecule has 32 heavy (non-hydrogen) atoms. The van der Waals surface area contributed by atoms with Crippen LogP contribution in [0.15, 0.2) is 47.4 Å². The summed E-state index contributed by atoms with van der Waals surface area (Å²) in [6.07, 6.45) is 3.82. The first kappa shape index (κ1) is 24.2. The third kappa shape index (κ3) is 4.66. The van der Waals surface area contributed by atoms with Crippen LogP contribution < -0.4 is 10.1 Å². The Hall–Kier alpha value is -2.45. The maximum Gasteiger partial charge on any atom is 0.254 e. The predicted molar refractivity (Wildman–Crippen MR) is 122 cm³/mol. The van der Waals surface area contributed by atoms with E-state index in [0.29, 0.717) is 19.6 Å². The molecule has 2 aromatic rings. The molecule has 174 valence electrons. The molecular formula is C24H31FN2O4S. The van der Waals surface area contributed by atoms with Crippen molar-refractivity contribution in [3.05, 3.63) is 59.4 Å². The van der Waals surface area contributed by atoms with Crippen LogP contribution in [-0.2, 0) is 15.4 Å². The molecule has 1 amide bonds. The number of benzene rings is 2. The van der Waals surface area contributed by atoms with Crippen LogP contribution in [0.25, 0.3) is 0 Å². The number of halogens is 1. The fourth-order valence-corrected chi connectivity index (χ4v) is 6.06. The van der Waals surface area contributed by atoms with E-state index in [1.807, 2.05) is 24.3 Å². The maximum absolute atomic E-state index is 14.5. The third-order valence-corrected chi connectivity index (χ3v) is 8.40. The van der Waals surface area contributed by atoms with Crippen LogP contribution in [0.1, 0.15) is 55.5 Å². The van der Waals surface area contributed by atoms with Crippen molar-refractivity contribution in [3.63, 3.8) is 0 Å². The van der Waals surface area contributed by atoms with Gasteiger partial charge in [0.2, 0.25) is 10.0 Å². The number of sulfonamides is 1. The number of hydrogen-bond acceptors (Lipinski definition) is 4. The lowest BCUT2D eigenvalue weighted by Crippen LogP contribution is -2.39. The van der Waals surface area contributed by atoms with Crippen molar-refractivity contribution in [2.75, 3.05) is 26.7 Å². The van der Waals surface area contributed by atoms with E-state index in [2.05, 4.69) is 5.32 Å². The van der Waals surface area contributed by atoms with E-state index in [1.165, 1.54) is 10.4 Å². The van der Waals surface area contributed by atoms with Crippen molar-refractivity contribution in [3.8, 4) is 5.75 Å². The minimum Gasteiger partial charge on any atom is -0.496 e. The normalized spacial score (nSPS) is 15.7. The van der Waals surface area contributed by atoms with Crippen LogP contribution >= 0.6 is 0 Å². The van der Waals surface area contributed by atoms with Gasteiger partial charge >= 0.3 is 0 Å². The van der Waals surface area contributed by atoms with E-state index < -0.39 is 21.7 Å². The summed E-state index contributed by atoms with van der Waals surface area (Å²) in [5.74, 6) is -0.610. The van der Waals surface area contributed by atoms with Crippen LogP contribution in [0.2, 0.25) is 0 Å². The van der Waals surface area contributed by atoms with Crippen LogP contribution in [0.5, 0.6) is 5.75 Å². The zero-order valence-corrected chi connectivity index (χ0v) is 19.7. The van der Waals surface area contributed by atoms with E-state index in [4.69, 9.17) is 4.74 Å². The number of ether oxygens (including phenoxy) is 1. The number of nitrogens with zero attached hydrogens (tertiary/aromatic N) is 1. The van der Waals surface area contributed by atoms with Gasteiger partial charge in [-0.15, -0.1) is 0 Å². The van der Waals surface area contributed by atoms with Gasteiger partial charge in [-0.3, -0.25) is 4.79 Å². The van der Waals surface area contributed by atoms with Gasteiger partial charge in [0, 0.05) is 30.6 Å². The lowest BCUT2D eigenvalue weighted by molar-refractivity contribution is 0.0938. The van der Waals surface area contributed by atoms with Crippen LogP contribution in [0.4, 0.5) is 4.39 Å². The van der Waals surface area contributed by atoms with E-state index in [9.17, 15) is 17.6 Å². The Morgan fingerprint density at radius 1 is 1.12 bits per heavy atom. The van der Waals surface area contributed by atoms with Gasteiger partial charge in [-0.25, -0.2) is 12.8 Å². The molecule has 2 aromatic carbocycles. The second-order valence-corrected chi connectivity index (χ2v) is 10.0. The van der Waals surface area contributed by atoms with Crippen LogP contribution in [-0.4, -0.2) is 45.4 Å². The molecule has 1 fully saturated rings. The topological polar surface area (TPSA) is 75.7 Å². The summed E-state index contributed by atoms with van der Waals surface area (Å²) < 4.78 is 47.0. The molecule has 0 heterocycles. The summed E-state index contributed by atoms with van der Waals surface area (Å²) in [6.45, 7) is 4.37. The molecule has 1 aliphatic carbocycles. The highest BCUT2D eigenvalue weighted by Gasteiger charge is 2.38. The first-order chi connectivity index (χ1) is 15.3. The molecule has 1 saturated carbocycles. The molecule has 0 atom stereocenters. The fraction of sp³-hybridized carbons (Fsp3) is 0.458. The quantitative estimate of drug-likeness (QED) is 0.609. The number of rotatable bonds is 9. The number of carbonyl (C=O) groups excluding carboxylic acids is 1. The van der Waals surface area contributed by atoms with Gasteiger partial charge in [0.1, 0.15) is 11.6 Å². The molecule has 8 heteroatoms. The first-order valence-corrected chi connectivity index (χ1v) is 12.4. The highest BCUT2D eigenvalue weighted by atomic mass is 32.2. The highest BCUT2D eigenvalue weighted by molar-refractivity contribution is 7.89. The minimum absolute atomic E-state index is 0.0898. The van der Waals surface area contributed by atoms with Gasteiger partial charge < -0.3 is 10.1 Å². The molecule has 0 saturated heterocycles. The van der Waals surface area contributed by atoms with Gasteiger partial charge in [0.05, 0.1) is 17.6 Å². The largest absolute Gasteiger partial charge is 0.496 e. The predicted octanol–water partition coefficient (Wildman–Crippen LogP) is 4.11. The number of para-hydroxylation sites is 1. The van der Waals surface area contributed by atoms with Crippen LogP contribution in [0.3, 0.4) is 0 Å². The standard InChI is InChI=1S/C24H31FN2O4S/c1-4-27(5-2)32(29,30)18-12-13-21(25)19(16-18)23(28)26-17-24(14-8-9-15-24)20-10-6-7-11-22(20)31-3/h6-7,10-13,16H,4-5,8-9,14-15,17H2,1-3H3,(H,26,28). The number of hydrogen-bond donors (Lipinski definition) is 1.